The molecule has 164 valence electrons. The molecule has 0 fully saturated rings. The van der Waals surface area contributed by atoms with Gasteiger partial charge >= 0.3 is 0 Å². The number of hydrogen-bond acceptors (Lipinski definition) is 4. The topological polar surface area (TPSA) is 36.9 Å². The molecule has 0 radical (unpaired) electrons. The van der Waals surface area contributed by atoms with Gasteiger partial charge in [-0.05, 0) is 57.8 Å². The minimum absolute atomic E-state index is 0.150. The molecule has 0 unspecified atom stereocenters. The first kappa shape index (κ1) is 26.8. The minimum Gasteiger partial charge on any atom is -0.228 e. The maximum Gasteiger partial charge on any atom is 0.233 e. The lowest BCUT2D eigenvalue weighted by Crippen LogP contribution is -2.43. The zero-order chi connectivity index (χ0) is 21.6. The summed E-state index contributed by atoms with van der Waals surface area (Å²) >= 11 is 0. The second-order valence-corrected chi connectivity index (χ2v) is 11.7. The largest absolute Gasteiger partial charge is 0.233 e. The first-order valence-electron chi connectivity index (χ1n) is 10.7. The second kappa shape index (κ2) is 10.0. The number of hydrogen-bond donors (Lipinski definition) is 0. The van der Waals surface area contributed by atoms with Gasteiger partial charge in [0.1, 0.15) is 0 Å². The van der Waals surface area contributed by atoms with Crippen molar-refractivity contribution in [3.8, 4) is 0 Å². The molecule has 0 bridgehead atoms. The van der Waals surface area contributed by atoms with Gasteiger partial charge in [-0.2, -0.15) is 9.78 Å². The predicted octanol–water partition coefficient (Wildman–Crippen LogP) is 7.61. The molecule has 0 rings (SSSR count). The fourth-order valence-electron chi connectivity index (χ4n) is 3.83. The summed E-state index contributed by atoms with van der Waals surface area (Å²) in [6.45, 7) is 25.7. The van der Waals surface area contributed by atoms with Gasteiger partial charge in [0.15, 0.2) is 0 Å². The van der Waals surface area contributed by atoms with E-state index >= 15 is 0 Å². The summed E-state index contributed by atoms with van der Waals surface area (Å²) in [6, 6.07) is 0. The van der Waals surface area contributed by atoms with E-state index in [2.05, 4.69) is 83.1 Å². The van der Waals surface area contributed by atoms with E-state index in [1.807, 2.05) is 0 Å². The average molecular weight is 389 g/mol. The van der Waals surface area contributed by atoms with E-state index in [1.54, 1.807) is 0 Å². The summed E-state index contributed by atoms with van der Waals surface area (Å²) in [6.07, 6.45) is 5.19. The lowest BCUT2D eigenvalue weighted by molar-refractivity contribution is -0.546. The van der Waals surface area contributed by atoms with Gasteiger partial charge in [-0.25, -0.2) is 9.78 Å². The third-order valence-corrected chi connectivity index (χ3v) is 4.20. The van der Waals surface area contributed by atoms with Crippen molar-refractivity contribution in [2.75, 3.05) is 0 Å². The molecule has 0 atom stereocenters. The summed E-state index contributed by atoms with van der Waals surface area (Å²) in [4.78, 5) is 23.8. The van der Waals surface area contributed by atoms with Crippen LogP contribution in [0, 0.1) is 10.8 Å². The third kappa shape index (κ3) is 12.8. The molecular weight excluding hydrogens is 340 g/mol. The third-order valence-electron chi connectivity index (χ3n) is 4.20. The van der Waals surface area contributed by atoms with Crippen LogP contribution in [-0.4, -0.2) is 17.0 Å². The molecule has 0 N–H and O–H groups in total. The van der Waals surface area contributed by atoms with Crippen molar-refractivity contribution in [1.82, 2.24) is 0 Å². The molecule has 0 aliphatic rings. The molecule has 4 heteroatoms. The van der Waals surface area contributed by atoms with Crippen molar-refractivity contribution in [3.63, 3.8) is 0 Å². The van der Waals surface area contributed by atoms with E-state index in [0.717, 1.165) is 32.1 Å². The highest BCUT2D eigenvalue weighted by atomic mass is 17.3. The van der Waals surface area contributed by atoms with Crippen LogP contribution in [0.5, 0.6) is 0 Å². The van der Waals surface area contributed by atoms with Crippen LogP contribution in [0.1, 0.15) is 122 Å². The van der Waals surface area contributed by atoms with Gasteiger partial charge in [0.05, 0.1) is 11.2 Å². The lowest BCUT2D eigenvalue weighted by Gasteiger charge is -2.39. The van der Waals surface area contributed by atoms with Crippen LogP contribution in [0.4, 0.5) is 0 Å². The summed E-state index contributed by atoms with van der Waals surface area (Å²) in [5.41, 5.74) is -0.515. The van der Waals surface area contributed by atoms with Crippen molar-refractivity contribution in [2.45, 2.75) is 139 Å². The molecule has 0 aromatic carbocycles. The quantitative estimate of drug-likeness (QED) is 0.196. The van der Waals surface area contributed by atoms with Gasteiger partial charge in [-0.3, -0.25) is 0 Å². The zero-order valence-electron chi connectivity index (χ0n) is 20.4. The van der Waals surface area contributed by atoms with Gasteiger partial charge in [0.25, 0.3) is 0 Å². The van der Waals surface area contributed by atoms with Crippen molar-refractivity contribution >= 4 is 0 Å². The Kier molecular flexibility index (Phi) is 9.99. The van der Waals surface area contributed by atoms with Gasteiger partial charge in [-0.1, -0.05) is 61.8 Å². The minimum atomic E-state index is -0.889. The van der Waals surface area contributed by atoms with Crippen molar-refractivity contribution < 1.29 is 19.6 Å². The van der Waals surface area contributed by atoms with Crippen LogP contribution in [0.15, 0.2) is 0 Å². The maximum absolute atomic E-state index is 5.97. The average Bonchev–Trinajstić information content (AvgIpc) is 2.42. The van der Waals surface area contributed by atoms with Crippen molar-refractivity contribution in [2.24, 2.45) is 10.8 Å². The van der Waals surface area contributed by atoms with Crippen LogP contribution in [0.3, 0.4) is 0 Å². The Labute approximate surface area is 169 Å². The molecule has 4 nitrogen and oxygen atoms in total. The molecule has 0 aromatic heterocycles. The molecule has 0 aliphatic heterocycles. The fraction of sp³-hybridized carbons (Fsp3) is 1.00. The molecule has 0 aromatic rings. The normalized spacial score (nSPS) is 14.7. The van der Waals surface area contributed by atoms with E-state index in [0.29, 0.717) is 6.42 Å². The lowest BCUT2D eigenvalue weighted by atomic mass is 9.84. The van der Waals surface area contributed by atoms with Crippen LogP contribution in [0.25, 0.3) is 0 Å². The SMILES string of the molecule is CCCCC(CC)(OOC(C)(C)CC(C)(C)C)OOC(C)(C)CC(C)(C)C. The van der Waals surface area contributed by atoms with E-state index < -0.39 is 17.0 Å². The number of rotatable bonds is 12. The highest BCUT2D eigenvalue weighted by molar-refractivity contribution is 4.77. The molecule has 0 saturated heterocycles. The standard InChI is InChI=1S/C23H48O4/c1-13-15-16-23(14-2,26-24-21(9,10)17-19(3,4)5)27-25-22(11,12)18-20(6,7)8/h13-18H2,1-12H3. The van der Waals surface area contributed by atoms with Gasteiger partial charge in [-0.15, -0.1) is 0 Å². The van der Waals surface area contributed by atoms with Gasteiger partial charge < -0.3 is 0 Å². The molecular formula is C23H48O4. The van der Waals surface area contributed by atoms with E-state index in [9.17, 15) is 0 Å². The Morgan fingerprint density at radius 2 is 0.926 bits per heavy atom. The summed E-state index contributed by atoms with van der Waals surface area (Å²) < 4.78 is 0. The van der Waals surface area contributed by atoms with Gasteiger partial charge in [0, 0.05) is 12.8 Å². The fourth-order valence-corrected chi connectivity index (χ4v) is 3.83. The molecule has 27 heavy (non-hydrogen) atoms. The zero-order valence-corrected chi connectivity index (χ0v) is 20.4. The van der Waals surface area contributed by atoms with Gasteiger partial charge in [0.2, 0.25) is 5.79 Å². The Morgan fingerprint density at radius 3 is 1.19 bits per heavy atom. The molecule has 0 saturated carbocycles. The second-order valence-electron chi connectivity index (χ2n) is 11.7. The van der Waals surface area contributed by atoms with Crippen LogP contribution >= 0.6 is 0 Å². The van der Waals surface area contributed by atoms with Crippen LogP contribution in [0.2, 0.25) is 0 Å². The van der Waals surface area contributed by atoms with Crippen LogP contribution in [-0.2, 0) is 19.6 Å². The smallest absolute Gasteiger partial charge is 0.228 e. The molecule has 0 amide bonds. The highest BCUT2D eigenvalue weighted by Gasteiger charge is 2.39. The number of unbranched alkanes of at least 4 members (excludes halogenated alkanes) is 1. The Morgan fingerprint density at radius 1 is 0.556 bits per heavy atom. The Balaban J connectivity index is 5.14. The first-order chi connectivity index (χ1) is 11.9. The maximum atomic E-state index is 5.97. The molecule has 0 heterocycles. The predicted molar refractivity (Wildman–Crippen MR) is 113 cm³/mol. The molecule has 0 spiro atoms. The molecule has 0 aliphatic carbocycles. The first-order valence-corrected chi connectivity index (χ1v) is 10.7. The summed E-state index contributed by atoms with van der Waals surface area (Å²) in [5, 5.41) is 0. The van der Waals surface area contributed by atoms with E-state index in [1.165, 1.54) is 0 Å². The monoisotopic (exact) mass is 388 g/mol. The highest BCUT2D eigenvalue weighted by Crippen LogP contribution is 2.36. The van der Waals surface area contributed by atoms with E-state index in [-0.39, 0.29) is 10.8 Å². The Bertz CT molecular complexity index is 381. The Hall–Kier alpha value is -0.160. The summed E-state index contributed by atoms with van der Waals surface area (Å²) in [7, 11) is 0. The van der Waals surface area contributed by atoms with Crippen LogP contribution < -0.4 is 0 Å². The van der Waals surface area contributed by atoms with Crippen molar-refractivity contribution in [1.29, 1.82) is 0 Å². The van der Waals surface area contributed by atoms with E-state index in [4.69, 9.17) is 19.6 Å². The van der Waals surface area contributed by atoms with Crippen molar-refractivity contribution in [3.05, 3.63) is 0 Å². The summed E-state index contributed by atoms with van der Waals surface area (Å²) in [5.74, 6) is -0.889.